The van der Waals surface area contributed by atoms with Crippen LogP contribution in [0, 0.1) is 28.8 Å². The van der Waals surface area contributed by atoms with Crippen molar-refractivity contribution in [1.29, 1.82) is 5.26 Å². The van der Waals surface area contributed by atoms with Crippen LogP contribution in [0.25, 0.3) is 11.3 Å². The van der Waals surface area contributed by atoms with E-state index >= 15 is 0 Å². The minimum atomic E-state index is -1.06. The van der Waals surface area contributed by atoms with Crippen LogP contribution in [0.5, 0.6) is 0 Å². The van der Waals surface area contributed by atoms with E-state index in [1.54, 1.807) is 0 Å². The van der Waals surface area contributed by atoms with E-state index in [0.717, 1.165) is 18.3 Å². The second-order valence-electron chi connectivity index (χ2n) is 3.60. The quantitative estimate of drug-likeness (QED) is 0.818. The first-order chi connectivity index (χ1) is 8.63. The molecule has 0 spiro atoms. The van der Waals surface area contributed by atoms with Gasteiger partial charge in [-0.3, -0.25) is 4.98 Å². The van der Waals surface area contributed by atoms with E-state index in [1.807, 2.05) is 6.07 Å². The summed E-state index contributed by atoms with van der Waals surface area (Å²) in [6.45, 7) is 0. The van der Waals surface area contributed by atoms with Crippen molar-refractivity contribution in [3.8, 4) is 17.3 Å². The lowest BCUT2D eigenvalue weighted by molar-refractivity contribution is 0.510. The molecule has 1 aromatic carbocycles. The summed E-state index contributed by atoms with van der Waals surface area (Å²) in [5, 5.41) is 8.64. The Morgan fingerprint density at radius 1 is 1.22 bits per heavy atom. The monoisotopic (exact) mass is 248 g/mol. The second kappa shape index (κ2) is 4.88. The van der Waals surface area contributed by atoms with Crippen LogP contribution >= 0.6 is 0 Å². The molecule has 0 bridgehead atoms. The lowest BCUT2D eigenvalue weighted by Gasteiger charge is -2.07. The summed E-state index contributed by atoms with van der Waals surface area (Å²) in [4.78, 5) is 3.74. The van der Waals surface area contributed by atoms with Crippen LogP contribution < -0.4 is 0 Å². The van der Waals surface area contributed by atoms with Gasteiger partial charge < -0.3 is 0 Å². The number of nitriles is 1. The van der Waals surface area contributed by atoms with Crippen molar-refractivity contribution in [2.45, 2.75) is 6.42 Å². The third kappa shape index (κ3) is 2.18. The number of rotatable bonds is 2. The summed E-state index contributed by atoms with van der Waals surface area (Å²) >= 11 is 0. The van der Waals surface area contributed by atoms with Crippen molar-refractivity contribution in [1.82, 2.24) is 4.98 Å². The van der Waals surface area contributed by atoms with Crippen LogP contribution in [0.3, 0.4) is 0 Å². The van der Waals surface area contributed by atoms with Gasteiger partial charge in [0.25, 0.3) is 0 Å². The number of benzene rings is 1. The first kappa shape index (κ1) is 12.1. The van der Waals surface area contributed by atoms with Gasteiger partial charge in [-0.25, -0.2) is 13.2 Å². The van der Waals surface area contributed by atoms with Gasteiger partial charge in [0.15, 0.2) is 11.6 Å². The summed E-state index contributed by atoms with van der Waals surface area (Å²) in [7, 11) is 0. The Bertz CT molecular complexity index is 633. The van der Waals surface area contributed by atoms with E-state index in [0.29, 0.717) is 0 Å². The SMILES string of the molecule is N#CCc1cc(F)cnc1-c1cccc(F)c1F. The standard InChI is InChI=1S/C13H7F3N2/c14-9-6-8(4-5-17)13(18-7-9)10-2-1-3-11(15)12(10)16/h1-3,6-7H,4H2. The number of nitrogens with zero attached hydrogens (tertiary/aromatic N) is 2. The molecule has 0 aliphatic rings. The van der Waals surface area contributed by atoms with E-state index in [9.17, 15) is 13.2 Å². The van der Waals surface area contributed by atoms with Crippen LogP contribution in [-0.2, 0) is 6.42 Å². The summed E-state index contributed by atoms with van der Waals surface area (Å²) in [5.74, 6) is -2.70. The van der Waals surface area contributed by atoms with Crippen LogP contribution in [0.1, 0.15) is 5.56 Å². The molecule has 0 saturated carbocycles. The zero-order valence-corrected chi connectivity index (χ0v) is 9.12. The van der Waals surface area contributed by atoms with Gasteiger partial charge in [0.2, 0.25) is 0 Å². The van der Waals surface area contributed by atoms with Crippen LogP contribution in [-0.4, -0.2) is 4.98 Å². The maximum atomic E-state index is 13.6. The predicted octanol–water partition coefficient (Wildman–Crippen LogP) is 3.23. The van der Waals surface area contributed by atoms with Crippen LogP contribution in [0.2, 0.25) is 0 Å². The Morgan fingerprint density at radius 3 is 2.72 bits per heavy atom. The van der Waals surface area contributed by atoms with Crippen molar-refractivity contribution in [3.63, 3.8) is 0 Å². The van der Waals surface area contributed by atoms with Crippen molar-refractivity contribution in [2.75, 3.05) is 0 Å². The van der Waals surface area contributed by atoms with Crippen molar-refractivity contribution in [2.24, 2.45) is 0 Å². The normalized spacial score (nSPS) is 10.1. The van der Waals surface area contributed by atoms with Gasteiger partial charge >= 0.3 is 0 Å². The fourth-order valence-corrected chi connectivity index (χ4v) is 1.63. The minimum absolute atomic E-state index is 0.0787. The molecule has 90 valence electrons. The highest BCUT2D eigenvalue weighted by atomic mass is 19.2. The van der Waals surface area contributed by atoms with Crippen LogP contribution in [0.15, 0.2) is 30.5 Å². The number of hydrogen-bond donors (Lipinski definition) is 0. The van der Waals surface area contributed by atoms with Crippen molar-refractivity contribution < 1.29 is 13.2 Å². The minimum Gasteiger partial charge on any atom is -0.253 e. The van der Waals surface area contributed by atoms with E-state index in [2.05, 4.69) is 4.98 Å². The van der Waals surface area contributed by atoms with E-state index in [4.69, 9.17) is 5.26 Å². The number of halogens is 3. The molecule has 0 radical (unpaired) electrons. The molecule has 0 saturated heterocycles. The molecule has 2 rings (SSSR count). The van der Waals surface area contributed by atoms with Gasteiger partial charge in [-0.2, -0.15) is 5.26 Å². The molecular formula is C13H7F3N2. The maximum Gasteiger partial charge on any atom is 0.168 e. The highest BCUT2D eigenvalue weighted by Gasteiger charge is 2.15. The van der Waals surface area contributed by atoms with Gasteiger partial charge in [-0.1, -0.05) is 6.07 Å². The number of pyridine rings is 1. The average molecular weight is 248 g/mol. The third-order valence-corrected chi connectivity index (χ3v) is 2.41. The molecular weight excluding hydrogens is 241 g/mol. The van der Waals surface area contributed by atoms with Crippen molar-refractivity contribution in [3.05, 3.63) is 53.5 Å². The van der Waals surface area contributed by atoms with Gasteiger partial charge in [0, 0.05) is 5.56 Å². The molecule has 0 atom stereocenters. The molecule has 1 aromatic heterocycles. The molecule has 5 heteroatoms. The topological polar surface area (TPSA) is 36.7 Å². The van der Waals surface area contributed by atoms with E-state index in [1.165, 1.54) is 12.1 Å². The summed E-state index contributed by atoms with van der Waals surface area (Å²) in [6.07, 6.45) is 0.774. The summed E-state index contributed by atoms with van der Waals surface area (Å²) in [6, 6.07) is 6.57. The third-order valence-electron chi connectivity index (χ3n) is 2.41. The molecule has 0 aliphatic carbocycles. The molecule has 0 unspecified atom stereocenters. The fourth-order valence-electron chi connectivity index (χ4n) is 1.63. The van der Waals surface area contributed by atoms with E-state index < -0.39 is 17.5 Å². The lowest BCUT2D eigenvalue weighted by Crippen LogP contribution is -1.98. The predicted molar refractivity (Wildman–Crippen MR) is 58.9 cm³/mol. The number of hydrogen-bond acceptors (Lipinski definition) is 2. The average Bonchev–Trinajstić information content (AvgIpc) is 2.34. The second-order valence-corrected chi connectivity index (χ2v) is 3.60. The highest BCUT2D eigenvalue weighted by molar-refractivity contribution is 5.64. The zero-order valence-electron chi connectivity index (χ0n) is 9.12. The molecule has 0 N–H and O–H groups in total. The van der Waals surface area contributed by atoms with Gasteiger partial charge in [0.1, 0.15) is 5.82 Å². The molecule has 0 amide bonds. The molecule has 2 aromatic rings. The zero-order chi connectivity index (χ0) is 13.1. The Balaban J connectivity index is 2.64. The highest BCUT2D eigenvalue weighted by Crippen LogP contribution is 2.26. The maximum absolute atomic E-state index is 13.6. The largest absolute Gasteiger partial charge is 0.253 e. The van der Waals surface area contributed by atoms with Crippen molar-refractivity contribution >= 4 is 0 Å². The van der Waals surface area contributed by atoms with Gasteiger partial charge in [0.05, 0.1) is 24.4 Å². The molecule has 0 fully saturated rings. The molecule has 18 heavy (non-hydrogen) atoms. The smallest absolute Gasteiger partial charge is 0.168 e. The Hall–Kier alpha value is -2.35. The lowest BCUT2D eigenvalue weighted by atomic mass is 10.0. The number of aromatic nitrogens is 1. The fraction of sp³-hybridized carbons (Fsp3) is 0.0769. The van der Waals surface area contributed by atoms with Gasteiger partial charge in [-0.15, -0.1) is 0 Å². The first-order valence-corrected chi connectivity index (χ1v) is 5.09. The Labute approximate surface area is 101 Å². The Kier molecular flexibility index (Phi) is 3.28. The molecule has 2 nitrogen and oxygen atoms in total. The molecule has 1 heterocycles. The van der Waals surface area contributed by atoms with Gasteiger partial charge in [-0.05, 0) is 23.8 Å². The summed E-state index contributed by atoms with van der Waals surface area (Å²) in [5.41, 5.74) is 0.220. The molecule has 0 aliphatic heterocycles. The van der Waals surface area contributed by atoms with E-state index in [-0.39, 0.29) is 23.2 Å². The summed E-state index contributed by atoms with van der Waals surface area (Å²) < 4.78 is 39.8. The Morgan fingerprint density at radius 2 is 2.00 bits per heavy atom. The first-order valence-electron chi connectivity index (χ1n) is 5.09. The van der Waals surface area contributed by atoms with Crippen LogP contribution in [0.4, 0.5) is 13.2 Å².